The second-order valence-electron chi connectivity index (χ2n) is 4.92. The molecule has 0 spiro atoms. The van der Waals surface area contributed by atoms with Crippen LogP contribution < -0.4 is 10.1 Å². The molecule has 0 saturated carbocycles. The van der Waals surface area contributed by atoms with Crippen LogP contribution in [0.2, 0.25) is 10.0 Å². The highest BCUT2D eigenvalue weighted by atomic mass is 35.5. The summed E-state index contributed by atoms with van der Waals surface area (Å²) in [6.45, 7) is 0. The number of pyridine rings is 1. The van der Waals surface area contributed by atoms with Crippen molar-refractivity contribution in [1.29, 1.82) is 5.41 Å². The Labute approximate surface area is 150 Å². The third-order valence-corrected chi connectivity index (χ3v) is 4.41. The minimum atomic E-state index is -1.75. The number of rotatable bonds is 6. The highest BCUT2D eigenvalue weighted by molar-refractivity contribution is 6.42. The number of halogens is 2. The van der Waals surface area contributed by atoms with E-state index in [0.717, 1.165) is 6.21 Å². The molecule has 0 amide bonds. The third-order valence-electron chi connectivity index (χ3n) is 3.61. The van der Waals surface area contributed by atoms with Crippen LogP contribution in [0.25, 0.3) is 0 Å². The molecule has 5 nitrogen and oxygen atoms in total. The zero-order chi connectivity index (χ0) is 17.7. The zero-order valence-electron chi connectivity index (χ0n) is 13.2. The number of hydrogen-bond acceptors (Lipinski definition) is 5. The van der Waals surface area contributed by atoms with E-state index in [-0.39, 0.29) is 21.2 Å². The Morgan fingerprint density at radius 2 is 1.96 bits per heavy atom. The van der Waals surface area contributed by atoms with Gasteiger partial charge in [0.2, 0.25) is 0 Å². The molecule has 2 aromatic rings. The Morgan fingerprint density at radius 1 is 1.29 bits per heavy atom. The highest BCUT2D eigenvalue weighted by Gasteiger charge is 2.40. The van der Waals surface area contributed by atoms with E-state index < -0.39 is 5.60 Å². The van der Waals surface area contributed by atoms with E-state index >= 15 is 0 Å². The van der Waals surface area contributed by atoms with E-state index in [0.29, 0.717) is 11.3 Å². The molecule has 3 N–H and O–H groups in total. The van der Waals surface area contributed by atoms with E-state index in [1.54, 1.807) is 43.7 Å². The monoisotopic (exact) mass is 365 g/mol. The van der Waals surface area contributed by atoms with Crippen LogP contribution in [-0.2, 0) is 5.60 Å². The Bertz CT molecular complexity index is 766. The number of benzene rings is 1. The van der Waals surface area contributed by atoms with Crippen LogP contribution in [0.4, 0.5) is 0 Å². The fourth-order valence-electron chi connectivity index (χ4n) is 2.49. The van der Waals surface area contributed by atoms with Crippen LogP contribution in [0.3, 0.4) is 0 Å². The first-order valence-electron chi connectivity index (χ1n) is 7.04. The van der Waals surface area contributed by atoms with Crippen molar-refractivity contribution in [3.8, 4) is 5.75 Å². The summed E-state index contributed by atoms with van der Waals surface area (Å²) in [7, 11) is 3.15. The molecule has 0 saturated heterocycles. The molecule has 1 heterocycles. The molecule has 0 fully saturated rings. The second-order valence-corrected chi connectivity index (χ2v) is 5.70. The molecule has 24 heavy (non-hydrogen) atoms. The summed E-state index contributed by atoms with van der Waals surface area (Å²) < 4.78 is 5.38. The second kappa shape index (κ2) is 7.66. The lowest BCUT2D eigenvalue weighted by molar-refractivity contribution is 0.124. The fraction of sp³-hybridized carbons (Fsp3) is 0.176. The standard InChI is InChI=1S/C17H17Cl2N3O2/c1-21-10-12(9-20)17(23,11-5-7-22-8-6-11)15-14(24-2)4-3-13(18)16(15)19/h3-10,20-21,23H,1-2H3/b12-10+,20-9?. The highest BCUT2D eigenvalue weighted by Crippen LogP contribution is 2.46. The van der Waals surface area contributed by atoms with Gasteiger partial charge in [-0.1, -0.05) is 23.2 Å². The summed E-state index contributed by atoms with van der Waals surface area (Å²) in [5, 5.41) is 22.6. The SMILES string of the molecule is CN/C=C(\C=N)C(O)(c1ccncc1)c1c(OC)ccc(Cl)c1Cl. The number of nitrogens with zero attached hydrogens (tertiary/aromatic N) is 1. The van der Waals surface area contributed by atoms with Gasteiger partial charge in [0.25, 0.3) is 0 Å². The summed E-state index contributed by atoms with van der Waals surface area (Å²) in [4.78, 5) is 3.97. The van der Waals surface area contributed by atoms with Gasteiger partial charge in [-0.05, 0) is 29.8 Å². The number of ether oxygens (including phenoxy) is 1. The molecule has 126 valence electrons. The quantitative estimate of drug-likeness (QED) is 0.685. The van der Waals surface area contributed by atoms with Gasteiger partial charge in [0.05, 0.1) is 22.7 Å². The lowest BCUT2D eigenvalue weighted by Gasteiger charge is -2.32. The molecule has 1 aromatic carbocycles. The molecular formula is C17H17Cl2N3O2. The molecular weight excluding hydrogens is 349 g/mol. The maximum absolute atomic E-state index is 11.7. The van der Waals surface area contributed by atoms with Crippen LogP contribution >= 0.6 is 23.2 Å². The summed E-state index contributed by atoms with van der Waals surface area (Å²) in [5.41, 5.74) is -0.750. The Kier molecular flexibility index (Phi) is 5.83. The van der Waals surface area contributed by atoms with E-state index in [4.69, 9.17) is 33.3 Å². The molecule has 0 aliphatic rings. The first-order chi connectivity index (χ1) is 11.5. The van der Waals surface area contributed by atoms with Crippen molar-refractivity contribution in [3.63, 3.8) is 0 Å². The van der Waals surface area contributed by atoms with Crippen molar-refractivity contribution < 1.29 is 9.84 Å². The number of aromatic nitrogens is 1. The van der Waals surface area contributed by atoms with Crippen LogP contribution in [0.5, 0.6) is 5.75 Å². The van der Waals surface area contributed by atoms with Gasteiger partial charge in [0.15, 0.2) is 0 Å². The van der Waals surface area contributed by atoms with Crippen molar-refractivity contribution in [2.45, 2.75) is 5.60 Å². The molecule has 1 atom stereocenters. The molecule has 0 radical (unpaired) electrons. The summed E-state index contributed by atoms with van der Waals surface area (Å²) in [5.74, 6) is 0.354. The van der Waals surface area contributed by atoms with Crippen LogP contribution in [0, 0.1) is 5.41 Å². The first-order valence-corrected chi connectivity index (χ1v) is 7.80. The van der Waals surface area contributed by atoms with Gasteiger partial charge >= 0.3 is 0 Å². The predicted molar refractivity (Wildman–Crippen MR) is 96.2 cm³/mol. The molecule has 2 rings (SSSR count). The maximum atomic E-state index is 11.7. The van der Waals surface area contributed by atoms with Gasteiger partial charge in [-0.3, -0.25) is 4.98 Å². The number of methoxy groups -OCH3 is 1. The minimum absolute atomic E-state index is 0.152. The van der Waals surface area contributed by atoms with Crippen molar-refractivity contribution in [1.82, 2.24) is 10.3 Å². The van der Waals surface area contributed by atoms with Gasteiger partial charge in [0, 0.05) is 37.4 Å². The number of aliphatic hydroxyl groups is 1. The van der Waals surface area contributed by atoms with Crippen molar-refractivity contribution in [2.75, 3.05) is 14.2 Å². The van der Waals surface area contributed by atoms with Crippen molar-refractivity contribution in [3.05, 3.63) is 69.6 Å². The third kappa shape index (κ3) is 3.11. The first kappa shape index (κ1) is 18.3. The van der Waals surface area contributed by atoms with Crippen LogP contribution in [0.15, 0.2) is 48.4 Å². The maximum Gasteiger partial charge on any atom is 0.148 e. The minimum Gasteiger partial charge on any atom is -0.496 e. The van der Waals surface area contributed by atoms with Crippen LogP contribution in [0.1, 0.15) is 11.1 Å². The number of nitrogens with one attached hydrogen (secondary N) is 2. The average Bonchev–Trinajstić information content (AvgIpc) is 2.62. The molecule has 1 unspecified atom stereocenters. The zero-order valence-corrected chi connectivity index (χ0v) is 14.7. The summed E-state index contributed by atoms with van der Waals surface area (Å²) in [6.07, 6.45) is 5.66. The molecule has 0 aliphatic heterocycles. The van der Waals surface area contributed by atoms with E-state index in [1.165, 1.54) is 13.3 Å². The lowest BCUT2D eigenvalue weighted by Crippen LogP contribution is -2.32. The smallest absolute Gasteiger partial charge is 0.148 e. The molecule has 0 aliphatic carbocycles. The fourth-order valence-corrected chi connectivity index (χ4v) is 2.95. The molecule has 0 bridgehead atoms. The average molecular weight is 366 g/mol. The van der Waals surface area contributed by atoms with Gasteiger partial charge in [-0.25, -0.2) is 0 Å². The number of hydrogen-bond donors (Lipinski definition) is 3. The Hall–Kier alpha value is -2.08. The normalized spacial score (nSPS) is 14.0. The van der Waals surface area contributed by atoms with Gasteiger partial charge in [-0.2, -0.15) is 0 Å². The van der Waals surface area contributed by atoms with Crippen molar-refractivity contribution >= 4 is 29.4 Å². The summed E-state index contributed by atoms with van der Waals surface area (Å²) >= 11 is 12.6. The predicted octanol–water partition coefficient (Wildman–Crippen LogP) is 3.39. The van der Waals surface area contributed by atoms with Crippen LogP contribution in [-0.4, -0.2) is 30.5 Å². The Balaban J connectivity index is 2.90. The molecule has 7 heteroatoms. The Morgan fingerprint density at radius 3 is 2.50 bits per heavy atom. The van der Waals surface area contributed by atoms with E-state index in [2.05, 4.69) is 10.3 Å². The topological polar surface area (TPSA) is 78.2 Å². The van der Waals surface area contributed by atoms with Gasteiger partial charge < -0.3 is 20.6 Å². The largest absolute Gasteiger partial charge is 0.496 e. The lowest BCUT2D eigenvalue weighted by atomic mass is 9.80. The van der Waals surface area contributed by atoms with Gasteiger partial charge in [0.1, 0.15) is 11.4 Å². The molecule has 1 aromatic heterocycles. The van der Waals surface area contributed by atoms with Crippen molar-refractivity contribution in [2.24, 2.45) is 0 Å². The van der Waals surface area contributed by atoms with E-state index in [9.17, 15) is 5.11 Å². The van der Waals surface area contributed by atoms with Gasteiger partial charge in [-0.15, -0.1) is 0 Å². The summed E-state index contributed by atoms with van der Waals surface area (Å²) in [6, 6.07) is 6.50. The van der Waals surface area contributed by atoms with E-state index in [1.807, 2.05) is 0 Å².